The molecule has 0 aromatic heterocycles. The second-order valence-corrected chi connectivity index (χ2v) is 6.88. The molecule has 158 valence electrons. The van der Waals surface area contributed by atoms with Gasteiger partial charge in [0.2, 0.25) is 0 Å². The van der Waals surface area contributed by atoms with Crippen molar-refractivity contribution in [3.8, 4) is 11.5 Å². The third-order valence-electron chi connectivity index (χ3n) is 5.26. The molecule has 1 aromatic carbocycles. The van der Waals surface area contributed by atoms with Gasteiger partial charge in [-0.05, 0) is 44.5 Å². The van der Waals surface area contributed by atoms with Gasteiger partial charge in [-0.3, -0.25) is 9.89 Å². The SMILES string of the molecule is CN=C(NCc1ccc(OC)cc1OC(F)F)N1CCC(N2CCCC2)C1.I. The minimum atomic E-state index is -2.88. The van der Waals surface area contributed by atoms with E-state index in [1.807, 2.05) is 0 Å². The lowest BCUT2D eigenvalue weighted by Gasteiger charge is -2.25. The molecule has 0 bridgehead atoms. The van der Waals surface area contributed by atoms with Gasteiger partial charge in [-0.1, -0.05) is 0 Å². The molecule has 28 heavy (non-hydrogen) atoms. The summed E-state index contributed by atoms with van der Waals surface area (Å²) >= 11 is 0. The van der Waals surface area contributed by atoms with Gasteiger partial charge in [0.1, 0.15) is 11.5 Å². The first-order valence-corrected chi connectivity index (χ1v) is 9.42. The molecule has 6 nitrogen and oxygen atoms in total. The predicted molar refractivity (Wildman–Crippen MR) is 116 cm³/mol. The fourth-order valence-electron chi connectivity index (χ4n) is 3.86. The number of likely N-dealkylation sites (tertiary alicyclic amines) is 2. The number of nitrogens with zero attached hydrogens (tertiary/aromatic N) is 3. The Morgan fingerprint density at radius 1 is 1.29 bits per heavy atom. The van der Waals surface area contributed by atoms with E-state index in [1.54, 1.807) is 19.2 Å². The molecule has 1 aromatic rings. The van der Waals surface area contributed by atoms with Crippen molar-refractivity contribution < 1.29 is 18.3 Å². The molecule has 2 fully saturated rings. The lowest BCUT2D eigenvalue weighted by Crippen LogP contribution is -2.42. The fourth-order valence-corrected chi connectivity index (χ4v) is 3.86. The van der Waals surface area contributed by atoms with Crippen LogP contribution in [0.15, 0.2) is 23.2 Å². The summed E-state index contributed by atoms with van der Waals surface area (Å²) in [6.07, 6.45) is 3.70. The molecule has 0 radical (unpaired) electrons. The van der Waals surface area contributed by atoms with Crippen LogP contribution in [-0.4, -0.2) is 68.7 Å². The Morgan fingerprint density at radius 3 is 2.68 bits per heavy atom. The van der Waals surface area contributed by atoms with Crippen molar-refractivity contribution in [3.63, 3.8) is 0 Å². The number of rotatable bonds is 6. The highest BCUT2D eigenvalue weighted by molar-refractivity contribution is 14.0. The van der Waals surface area contributed by atoms with E-state index < -0.39 is 6.61 Å². The maximum absolute atomic E-state index is 12.7. The van der Waals surface area contributed by atoms with Crippen LogP contribution in [0.5, 0.6) is 11.5 Å². The van der Waals surface area contributed by atoms with E-state index in [4.69, 9.17) is 4.74 Å². The third-order valence-corrected chi connectivity index (χ3v) is 5.26. The van der Waals surface area contributed by atoms with Crippen molar-refractivity contribution >= 4 is 29.9 Å². The van der Waals surface area contributed by atoms with Gasteiger partial charge in [0.25, 0.3) is 0 Å². The Balaban J connectivity index is 0.00000280. The topological polar surface area (TPSA) is 49.3 Å². The largest absolute Gasteiger partial charge is 0.497 e. The Morgan fingerprint density at radius 2 is 2.04 bits per heavy atom. The number of aliphatic imine (C=N–C) groups is 1. The van der Waals surface area contributed by atoms with Crippen molar-refractivity contribution in [1.82, 2.24) is 15.1 Å². The van der Waals surface area contributed by atoms with Crippen LogP contribution in [0.1, 0.15) is 24.8 Å². The summed E-state index contributed by atoms with van der Waals surface area (Å²) in [5, 5.41) is 3.28. The Labute approximate surface area is 182 Å². The van der Waals surface area contributed by atoms with Gasteiger partial charge in [-0.2, -0.15) is 8.78 Å². The van der Waals surface area contributed by atoms with E-state index in [2.05, 4.69) is 24.8 Å². The molecule has 2 aliphatic heterocycles. The minimum absolute atomic E-state index is 0. The number of methoxy groups -OCH3 is 1. The van der Waals surface area contributed by atoms with Gasteiger partial charge in [-0.25, -0.2) is 0 Å². The number of hydrogen-bond acceptors (Lipinski definition) is 4. The molecule has 2 aliphatic rings. The molecule has 2 saturated heterocycles. The molecule has 0 saturated carbocycles. The van der Waals surface area contributed by atoms with Crippen LogP contribution < -0.4 is 14.8 Å². The van der Waals surface area contributed by atoms with Crippen molar-refractivity contribution in [3.05, 3.63) is 23.8 Å². The molecular formula is C19H29F2IN4O2. The molecule has 2 heterocycles. The molecule has 9 heteroatoms. The van der Waals surface area contributed by atoms with Crippen molar-refractivity contribution in [2.75, 3.05) is 40.3 Å². The standard InChI is InChI=1S/C19H28F2N4O2.HI/c1-22-19(25-10-7-15(13-25)24-8-3-4-9-24)23-12-14-5-6-16(26-2)11-17(14)27-18(20)21;/h5-6,11,15,18H,3-4,7-10,12-13H2,1-2H3,(H,22,23);1H. The number of benzene rings is 1. The lowest BCUT2D eigenvalue weighted by atomic mass is 10.2. The molecule has 1 atom stereocenters. The lowest BCUT2D eigenvalue weighted by molar-refractivity contribution is -0.0505. The number of hydrogen-bond donors (Lipinski definition) is 1. The highest BCUT2D eigenvalue weighted by atomic mass is 127. The molecule has 3 rings (SSSR count). The number of halogens is 3. The highest BCUT2D eigenvalue weighted by Gasteiger charge is 2.30. The van der Waals surface area contributed by atoms with Crippen LogP contribution in [0.25, 0.3) is 0 Å². The summed E-state index contributed by atoms with van der Waals surface area (Å²) in [6.45, 7) is 1.74. The summed E-state index contributed by atoms with van der Waals surface area (Å²) in [6, 6.07) is 5.51. The van der Waals surface area contributed by atoms with E-state index in [9.17, 15) is 8.78 Å². The zero-order chi connectivity index (χ0) is 19.2. The molecule has 0 spiro atoms. The number of nitrogens with one attached hydrogen (secondary N) is 1. The predicted octanol–water partition coefficient (Wildman–Crippen LogP) is 3.16. The third kappa shape index (κ3) is 5.82. The van der Waals surface area contributed by atoms with Crippen molar-refractivity contribution in [1.29, 1.82) is 0 Å². The van der Waals surface area contributed by atoms with E-state index in [-0.39, 0.29) is 29.7 Å². The first kappa shape index (κ1) is 22.9. The summed E-state index contributed by atoms with van der Waals surface area (Å²) in [7, 11) is 3.24. The smallest absolute Gasteiger partial charge is 0.387 e. The zero-order valence-electron chi connectivity index (χ0n) is 16.4. The Bertz CT molecular complexity index is 657. The Kier molecular flexibility index (Phi) is 9.00. The van der Waals surface area contributed by atoms with Crippen LogP contribution in [0.2, 0.25) is 0 Å². The second-order valence-electron chi connectivity index (χ2n) is 6.88. The van der Waals surface area contributed by atoms with Crippen LogP contribution >= 0.6 is 24.0 Å². The number of guanidine groups is 1. The second kappa shape index (κ2) is 11.0. The van der Waals surface area contributed by atoms with Crippen LogP contribution in [-0.2, 0) is 6.54 Å². The molecular weight excluding hydrogens is 481 g/mol. The van der Waals surface area contributed by atoms with Gasteiger partial charge in [-0.15, -0.1) is 24.0 Å². The first-order chi connectivity index (χ1) is 13.1. The van der Waals surface area contributed by atoms with Crippen molar-refractivity contribution in [2.24, 2.45) is 4.99 Å². The number of ether oxygens (including phenoxy) is 2. The monoisotopic (exact) mass is 510 g/mol. The number of alkyl halides is 2. The summed E-state index contributed by atoms with van der Waals surface area (Å²) in [4.78, 5) is 9.17. The van der Waals surface area contributed by atoms with E-state index in [0.717, 1.165) is 25.5 Å². The van der Waals surface area contributed by atoms with Crippen molar-refractivity contribution in [2.45, 2.75) is 38.5 Å². The quantitative estimate of drug-likeness (QED) is 0.362. The average molecular weight is 510 g/mol. The van der Waals surface area contributed by atoms with Gasteiger partial charge in [0, 0.05) is 44.4 Å². The fraction of sp³-hybridized carbons (Fsp3) is 0.632. The molecule has 1 N–H and O–H groups in total. The summed E-state index contributed by atoms with van der Waals surface area (Å²) in [5.41, 5.74) is 0.632. The van der Waals surface area contributed by atoms with Crippen LogP contribution in [0, 0.1) is 0 Å². The van der Waals surface area contributed by atoms with Crippen LogP contribution in [0.4, 0.5) is 8.78 Å². The van der Waals surface area contributed by atoms with Gasteiger partial charge in [0.05, 0.1) is 7.11 Å². The Hall–Kier alpha value is -1.36. The van der Waals surface area contributed by atoms with Gasteiger partial charge in [0.15, 0.2) is 5.96 Å². The molecule has 1 unspecified atom stereocenters. The average Bonchev–Trinajstić information content (AvgIpc) is 3.34. The van der Waals surface area contributed by atoms with E-state index in [0.29, 0.717) is 23.9 Å². The maximum atomic E-state index is 12.7. The molecule has 0 amide bonds. The van der Waals surface area contributed by atoms with Gasteiger partial charge >= 0.3 is 6.61 Å². The summed E-state index contributed by atoms with van der Waals surface area (Å²) < 4.78 is 35.2. The zero-order valence-corrected chi connectivity index (χ0v) is 18.7. The normalized spacial score (nSPS) is 20.4. The van der Waals surface area contributed by atoms with E-state index in [1.165, 1.54) is 39.1 Å². The first-order valence-electron chi connectivity index (χ1n) is 9.42. The van der Waals surface area contributed by atoms with Gasteiger partial charge < -0.3 is 19.7 Å². The summed E-state index contributed by atoms with van der Waals surface area (Å²) in [5.74, 6) is 1.38. The highest BCUT2D eigenvalue weighted by Crippen LogP contribution is 2.26. The van der Waals surface area contributed by atoms with E-state index >= 15 is 0 Å². The minimum Gasteiger partial charge on any atom is -0.497 e. The van der Waals surface area contributed by atoms with Crippen LogP contribution in [0.3, 0.4) is 0 Å². The maximum Gasteiger partial charge on any atom is 0.387 e. The molecule has 0 aliphatic carbocycles.